The first-order chi connectivity index (χ1) is 16.6. The fraction of sp³-hybridized carbons (Fsp3) is 0.536. The molecule has 0 radical (unpaired) electrons. The number of benzene rings is 1. The number of phenols is 1. The van der Waals surface area contributed by atoms with Gasteiger partial charge in [-0.3, -0.25) is 14.6 Å². The van der Waals surface area contributed by atoms with Crippen LogP contribution in [0.4, 0.5) is 0 Å². The molecule has 2 aliphatic carbocycles. The molecule has 5 nitrogen and oxygen atoms in total. The molecule has 0 aromatic heterocycles. The van der Waals surface area contributed by atoms with Crippen LogP contribution in [0.2, 0.25) is 0 Å². The fourth-order valence-corrected chi connectivity index (χ4v) is 7.05. The summed E-state index contributed by atoms with van der Waals surface area (Å²) in [5, 5.41) is 10.6. The Morgan fingerprint density at radius 2 is 1.97 bits per heavy atom. The molecule has 1 aromatic rings. The summed E-state index contributed by atoms with van der Waals surface area (Å²) in [5.41, 5.74) is 2.47. The molecule has 2 heterocycles. The zero-order valence-electron chi connectivity index (χ0n) is 20.2. The average molecular weight is 480 g/mol. The molecule has 34 heavy (non-hydrogen) atoms. The molecule has 1 amide bonds. The quantitative estimate of drug-likeness (QED) is 0.644. The zero-order chi connectivity index (χ0) is 23.5. The Morgan fingerprint density at radius 3 is 2.76 bits per heavy atom. The van der Waals surface area contributed by atoms with Crippen molar-refractivity contribution in [2.45, 2.75) is 43.9 Å². The van der Waals surface area contributed by atoms with Gasteiger partial charge in [-0.1, -0.05) is 49.4 Å². The Balaban J connectivity index is 1.11. The van der Waals surface area contributed by atoms with Gasteiger partial charge in [-0.2, -0.15) is 0 Å². The van der Waals surface area contributed by atoms with Gasteiger partial charge in [0.15, 0.2) is 0 Å². The van der Waals surface area contributed by atoms with Gasteiger partial charge in [0, 0.05) is 56.5 Å². The third-order valence-corrected chi connectivity index (χ3v) is 9.07. The standard InChI is InChI=1S/C28H37N3O2S/c1-2-12-30(23-10-11-24-21(19-23)7-5-8-25(24)32)16-13-29-14-17-31(18-15-29)28(33)27-20-22-6-3-4-9-26(22)34-27/h3-9,20,22-23,26,32H,2,10-19H2,1H3/t22?,23?,26-/m1/s1. The van der Waals surface area contributed by atoms with E-state index in [0.717, 1.165) is 82.0 Å². The predicted octanol–water partition coefficient (Wildman–Crippen LogP) is 3.85. The zero-order valence-corrected chi connectivity index (χ0v) is 21.1. The van der Waals surface area contributed by atoms with E-state index in [4.69, 9.17) is 0 Å². The molecule has 6 heteroatoms. The summed E-state index contributed by atoms with van der Waals surface area (Å²) in [5.74, 6) is 1.05. The minimum Gasteiger partial charge on any atom is -0.508 e. The number of allylic oxidation sites excluding steroid dienone is 4. The lowest BCUT2D eigenvalue weighted by Gasteiger charge is -2.39. The Hall–Kier alpha value is -2.02. The first-order valence-electron chi connectivity index (χ1n) is 12.9. The molecule has 1 fully saturated rings. The van der Waals surface area contributed by atoms with Crippen molar-refractivity contribution in [3.63, 3.8) is 0 Å². The lowest BCUT2D eigenvalue weighted by Crippen LogP contribution is -2.51. The molecule has 2 unspecified atom stereocenters. The molecule has 5 rings (SSSR count). The van der Waals surface area contributed by atoms with Gasteiger partial charge in [0.05, 0.1) is 4.91 Å². The number of piperazine rings is 1. The molecule has 0 saturated carbocycles. The largest absolute Gasteiger partial charge is 0.508 e. The number of rotatable bonds is 7. The number of phenolic OH excluding ortho intramolecular Hbond substituents is 1. The van der Waals surface area contributed by atoms with Crippen molar-refractivity contribution in [2.24, 2.45) is 5.92 Å². The second-order valence-corrected chi connectivity index (χ2v) is 11.2. The number of fused-ring (bicyclic) bond motifs is 2. The number of aromatic hydroxyl groups is 1. The van der Waals surface area contributed by atoms with Crippen LogP contribution in [-0.2, 0) is 17.6 Å². The smallest absolute Gasteiger partial charge is 0.260 e. The maximum Gasteiger partial charge on any atom is 0.260 e. The highest BCUT2D eigenvalue weighted by molar-refractivity contribution is 8.05. The molecule has 2 aliphatic heterocycles. The Kier molecular flexibility index (Phi) is 7.47. The van der Waals surface area contributed by atoms with E-state index in [1.807, 2.05) is 12.1 Å². The monoisotopic (exact) mass is 479 g/mol. The molecule has 1 saturated heterocycles. The molecule has 4 aliphatic rings. The summed E-state index contributed by atoms with van der Waals surface area (Å²) in [6.07, 6.45) is 15.0. The summed E-state index contributed by atoms with van der Waals surface area (Å²) in [6.45, 7) is 9.07. The van der Waals surface area contributed by atoms with E-state index in [-0.39, 0.29) is 5.91 Å². The minimum atomic E-state index is 0.220. The highest BCUT2D eigenvalue weighted by Gasteiger charge is 2.33. The number of thioether (sulfide) groups is 1. The summed E-state index contributed by atoms with van der Waals surface area (Å²) >= 11 is 1.72. The topological polar surface area (TPSA) is 47.0 Å². The summed E-state index contributed by atoms with van der Waals surface area (Å²) < 4.78 is 0. The molecular formula is C28H37N3O2S. The SMILES string of the molecule is CCCN(CCN1CCN(C(=O)C2=CC3C=CC=C[C@H]3S2)CC1)C1CCc2c(O)cccc2C1. The van der Waals surface area contributed by atoms with Crippen molar-refractivity contribution in [2.75, 3.05) is 45.8 Å². The van der Waals surface area contributed by atoms with Crippen LogP contribution < -0.4 is 0 Å². The maximum atomic E-state index is 13.1. The van der Waals surface area contributed by atoms with Gasteiger partial charge in [0.2, 0.25) is 0 Å². The normalized spacial score (nSPS) is 26.5. The number of carbonyl (C=O) groups is 1. The van der Waals surface area contributed by atoms with Crippen LogP contribution in [0.1, 0.15) is 30.9 Å². The van der Waals surface area contributed by atoms with Gasteiger partial charge in [-0.25, -0.2) is 0 Å². The second kappa shape index (κ2) is 10.7. The van der Waals surface area contributed by atoms with E-state index in [1.165, 1.54) is 5.56 Å². The van der Waals surface area contributed by atoms with E-state index < -0.39 is 0 Å². The summed E-state index contributed by atoms with van der Waals surface area (Å²) in [6, 6.07) is 6.52. The molecule has 0 spiro atoms. The first kappa shape index (κ1) is 23.7. The second-order valence-electron chi connectivity index (χ2n) is 9.94. The van der Waals surface area contributed by atoms with Gasteiger partial charge in [0.1, 0.15) is 5.75 Å². The van der Waals surface area contributed by atoms with E-state index >= 15 is 0 Å². The first-order valence-corrected chi connectivity index (χ1v) is 13.8. The van der Waals surface area contributed by atoms with Gasteiger partial charge < -0.3 is 10.0 Å². The van der Waals surface area contributed by atoms with Crippen LogP contribution in [-0.4, -0.2) is 82.8 Å². The fourth-order valence-electron chi connectivity index (χ4n) is 5.80. The predicted molar refractivity (Wildman–Crippen MR) is 140 cm³/mol. The number of nitrogens with zero attached hydrogens (tertiary/aromatic N) is 3. The maximum absolute atomic E-state index is 13.1. The van der Waals surface area contributed by atoms with E-state index in [1.54, 1.807) is 11.8 Å². The van der Waals surface area contributed by atoms with Crippen molar-refractivity contribution in [1.82, 2.24) is 14.7 Å². The van der Waals surface area contributed by atoms with Gasteiger partial charge >= 0.3 is 0 Å². The molecular weight excluding hydrogens is 442 g/mol. The Bertz CT molecular complexity index is 980. The number of amides is 1. The third kappa shape index (κ3) is 5.14. The molecule has 0 bridgehead atoms. The highest BCUT2D eigenvalue weighted by Crippen LogP contribution is 2.40. The van der Waals surface area contributed by atoms with Crippen molar-refractivity contribution in [3.8, 4) is 5.75 Å². The van der Waals surface area contributed by atoms with Crippen LogP contribution in [0.3, 0.4) is 0 Å². The lowest BCUT2D eigenvalue weighted by atomic mass is 9.87. The molecule has 1 aromatic carbocycles. The summed E-state index contributed by atoms with van der Waals surface area (Å²) in [7, 11) is 0. The molecule has 1 N–H and O–H groups in total. The van der Waals surface area contributed by atoms with E-state index in [9.17, 15) is 9.90 Å². The lowest BCUT2D eigenvalue weighted by molar-refractivity contribution is -0.128. The van der Waals surface area contributed by atoms with Crippen molar-refractivity contribution in [1.29, 1.82) is 0 Å². The Labute approximate surface area is 208 Å². The molecule has 182 valence electrons. The van der Waals surface area contributed by atoms with Gasteiger partial charge in [-0.05, 0) is 49.4 Å². The van der Waals surface area contributed by atoms with Crippen LogP contribution in [0.15, 0.2) is 53.5 Å². The van der Waals surface area contributed by atoms with Crippen LogP contribution in [0, 0.1) is 5.92 Å². The van der Waals surface area contributed by atoms with Gasteiger partial charge in [0.25, 0.3) is 5.91 Å². The van der Waals surface area contributed by atoms with Crippen LogP contribution in [0.25, 0.3) is 0 Å². The molecule has 3 atom stereocenters. The van der Waals surface area contributed by atoms with E-state index in [0.29, 0.717) is 23.0 Å². The van der Waals surface area contributed by atoms with Crippen molar-refractivity contribution >= 4 is 17.7 Å². The highest BCUT2D eigenvalue weighted by atomic mass is 32.2. The van der Waals surface area contributed by atoms with Crippen molar-refractivity contribution in [3.05, 3.63) is 64.6 Å². The van der Waals surface area contributed by atoms with Crippen LogP contribution >= 0.6 is 11.8 Å². The van der Waals surface area contributed by atoms with Crippen molar-refractivity contribution < 1.29 is 9.90 Å². The average Bonchev–Trinajstić information content (AvgIpc) is 3.31. The number of carbonyl (C=O) groups excluding carboxylic acids is 1. The van der Waals surface area contributed by atoms with Crippen LogP contribution in [0.5, 0.6) is 5.75 Å². The third-order valence-electron chi connectivity index (χ3n) is 7.76. The number of hydrogen-bond acceptors (Lipinski definition) is 5. The van der Waals surface area contributed by atoms with E-state index in [2.05, 4.69) is 58.1 Å². The number of hydrogen-bond donors (Lipinski definition) is 1. The minimum absolute atomic E-state index is 0.220. The summed E-state index contributed by atoms with van der Waals surface area (Å²) in [4.78, 5) is 21.2. The van der Waals surface area contributed by atoms with Gasteiger partial charge in [-0.15, -0.1) is 11.8 Å². The Morgan fingerprint density at radius 1 is 1.15 bits per heavy atom.